The van der Waals surface area contributed by atoms with E-state index >= 15 is 0 Å². The molecule has 0 aliphatic rings. The van der Waals surface area contributed by atoms with E-state index in [1.165, 1.54) is 17.3 Å². The van der Waals surface area contributed by atoms with Crippen LogP contribution in [0.3, 0.4) is 0 Å². The van der Waals surface area contributed by atoms with Crippen LogP contribution in [-0.2, 0) is 0 Å². The van der Waals surface area contributed by atoms with Crippen molar-refractivity contribution in [1.29, 1.82) is 0 Å². The summed E-state index contributed by atoms with van der Waals surface area (Å²) in [4.78, 5) is 20.3. The molecule has 1 unspecified atom stereocenters. The number of carbonyl (C=O) groups is 1. The molecule has 1 aromatic heterocycles. The highest BCUT2D eigenvalue weighted by atomic mass is 79.9. The number of amides is 1. The number of carbonyl (C=O) groups excluding carboxylic acids is 1. The van der Waals surface area contributed by atoms with E-state index in [0.29, 0.717) is 12.1 Å². The van der Waals surface area contributed by atoms with Crippen LogP contribution in [0.5, 0.6) is 0 Å². The Morgan fingerprint density at radius 1 is 1.07 bits per heavy atom. The van der Waals surface area contributed by atoms with Crippen molar-refractivity contribution in [1.82, 2.24) is 15.2 Å². The third-order valence-electron chi connectivity index (χ3n) is 4.31. The van der Waals surface area contributed by atoms with Crippen molar-refractivity contribution in [3.8, 4) is 0 Å². The van der Waals surface area contributed by atoms with Crippen molar-refractivity contribution >= 4 is 33.6 Å². The van der Waals surface area contributed by atoms with Crippen LogP contribution in [0.1, 0.15) is 22.0 Å². The maximum atomic E-state index is 12.9. The molecular weight excluding hydrogens is 434 g/mol. The molecule has 3 aromatic rings. The summed E-state index contributed by atoms with van der Waals surface area (Å²) in [6, 6.07) is 21.8. The van der Waals surface area contributed by atoms with Gasteiger partial charge in [0.2, 0.25) is 0 Å². The molecule has 1 atom stereocenters. The summed E-state index contributed by atoms with van der Waals surface area (Å²) in [5.41, 5.74) is 1.83. The Balaban J connectivity index is 1.73. The Bertz CT molecular complexity index is 917. The minimum Gasteiger partial charge on any atom is -0.350 e. The van der Waals surface area contributed by atoms with Crippen LogP contribution in [0.4, 0.5) is 0 Å². The van der Waals surface area contributed by atoms with Gasteiger partial charge in [-0.25, -0.2) is 4.98 Å². The second-order valence-corrected chi connectivity index (χ2v) is 8.49. The number of likely N-dealkylation sites (N-methyl/N-ethyl adjacent to an activating group) is 1. The predicted molar refractivity (Wildman–Crippen MR) is 118 cm³/mol. The zero-order valence-electron chi connectivity index (χ0n) is 15.8. The maximum Gasteiger partial charge on any atom is 0.252 e. The van der Waals surface area contributed by atoms with Gasteiger partial charge < -0.3 is 10.2 Å². The summed E-state index contributed by atoms with van der Waals surface area (Å²) in [7, 11) is 4.04. The van der Waals surface area contributed by atoms with Crippen LogP contribution in [0.15, 0.2) is 87.3 Å². The first kappa shape index (κ1) is 20.6. The average molecular weight is 456 g/mol. The fourth-order valence-corrected chi connectivity index (χ4v) is 3.96. The molecule has 2 aromatic carbocycles. The van der Waals surface area contributed by atoms with Crippen LogP contribution in [0.2, 0.25) is 0 Å². The number of hydrogen-bond acceptors (Lipinski definition) is 4. The van der Waals surface area contributed by atoms with Crippen molar-refractivity contribution in [2.24, 2.45) is 0 Å². The summed E-state index contributed by atoms with van der Waals surface area (Å²) < 4.78 is 0.929. The number of benzene rings is 2. The first-order valence-corrected chi connectivity index (χ1v) is 10.5. The van der Waals surface area contributed by atoms with Gasteiger partial charge in [0, 0.05) is 22.1 Å². The molecule has 6 heteroatoms. The summed E-state index contributed by atoms with van der Waals surface area (Å²) in [6.07, 6.45) is 1.76. The standard InChI is InChI=1S/C22H22BrN3OS/c1-26(2)19(16-8-4-3-5-9-16)15-25-22(27)18-10-6-7-11-20(18)28-21-13-12-17(23)14-24-21/h3-14,19H,15H2,1-2H3,(H,25,27). The maximum absolute atomic E-state index is 12.9. The Hall–Kier alpha value is -2.15. The van der Waals surface area contributed by atoms with Crippen molar-refractivity contribution in [2.45, 2.75) is 16.0 Å². The Morgan fingerprint density at radius 3 is 2.46 bits per heavy atom. The van der Waals surface area contributed by atoms with Crippen molar-refractivity contribution < 1.29 is 4.79 Å². The number of rotatable bonds is 7. The van der Waals surface area contributed by atoms with Gasteiger partial charge >= 0.3 is 0 Å². The lowest BCUT2D eigenvalue weighted by Crippen LogP contribution is -2.34. The Labute approximate surface area is 178 Å². The van der Waals surface area contributed by atoms with E-state index in [2.05, 4.69) is 43.3 Å². The van der Waals surface area contributed by atoms with Gasteiger partial charge in [-0.1, -0.05) is 54.2 Å². The van der Waals surface area contributed by atoms with E-state index in [-0.39, 0.29) is 11.9 Å². The van der Waals surface area contributed by atoms with Gasteiger partial charge in [0.25, 0.3) is 5.91 Å². The molecule has 1 heterocycles. The zero-order valence-corrected chi connectivity index (χ0v) is 18.2. The molecule has 0 radical (unpaired) electrons. The summed E-state index contributed by atoms with van der Waals surface area (Å²) in [5.74, 6) is -0.0806. The average Bonchev–Trinajstić information content (AvgIpc) is 2.71. The largest absolute Gasteiger partial charge is 0.350 e. The fraction of sp³-hybridized carbons (Fsp3) is 0.182. The molecule has 0 spiro atoms. The van der Waals surface area contributed by atoms with Crippen LogP contribution < -0.4 is 5.32 Å². The highest BCUT2D eigenvalue weighted by Crippen LogP contribution is 2.29. The van der Waals surface area contributed by atoms with E-state index in [1.807, 2.05) is 68.7 Å². The van der Waals surface area contributed by atoms with Gasteiger partial charge in [0.1, 0.15) is 5.03 Å². The number of nitrogens with zero attached hydrogens (tertiary/aromatic N) is 2. The monoisotopic (exact) mass is 455 g/mol. The van der Waals surface area contributed by atoms with Gasteiger partial charge in [-0.3, -0.25) is 4.79 Å². The van der Waals surface area contributed by atoms with Crippen molar-refractivity contribution in [3.05, 3.63) is 88.5 Å². The molecule has 0 saturated carbocycles. The van der Waals surface area contributed by atoms with Crippen LogP contribution in [-0.4, -0.2) is 36.4 Å². The van der Waals surface area contributed by atoms with Gasteiger partial charge in [0.05, 0.1) is 11.6 Å². The normalized spacial score (nSPS) is 12.0. The number of halogens is 1. The van der Waals surface area contributed by atoms with Gasteiger partial charge in [-0.05, 0) is 59.9 Å². The SMILES string of the molecule is CN(C)C(CNC(=O)c1ccccc1Sc1ccc(Br)cn1)c1ccccc1. The lowest BCUT2D eigenvalue weighted by Gasteiger charge is -2.25. The van der Waals surface area contributed by atoms with Crippen LogP contribution in [0, 0.1) is 0 Å². The third kappa shape index (κ3) is 5.44. The highest BCUT2D eigenvalue weighted by molar-refractivity contribution is 9.10. The Morgan fingerprint density at radius 2 is 1.79 bits per heavy atom. The lowest BCUT2D eigenvalue weighted by molar-refractivity contribution is 0.0939. The van der Waals surface area contributed by atoms with Crippen LogP contribution in [0.25, 0.3) is 0 Å². The van der Waals surface area contributed by atoms with Crippen molar-refractivity contribution in [3.63, 3.8) is 0 Å². The number of pyridine rings is 1. The molecule has 1 amide bonds. The number of nitrogens with one attached hydrogen (secondary N) is 1. The highest BCUT2D eigenvalue weighted by Gasteiger charge is 2.17. The van der Waals surface area contributed by atoms with E-state index in [4.69, 9.17) is 0 Å². The summed E-state index contributed by atoms with van der Waals surface area (Å²) in [5, 5.41) is 3.94. The number of aromatic nitrogens is 1. The quantitative estimate of drug-likeness (QED) is 0.542. The third-order valence-corrected chi connectivity index (χ3v) is 5.81. The molecule has 28 heavy (non-hydrogen) atoms. The smallest absolute Gasteiger partial charge is 0.252 e. The lowest BCUT2D eigenvalue weighted by atomic mass is 10.1. The molecule has 4 nitrogen and oxygen atoms in total. The Kier molecular flexibility index (Phi) is 7.25. The van der Waals surface area contributed by atoms with Gasteiger partial charge in [0.15, 0.2) is 0 Å². The summed E-state index contributed by atoms with van der Waals surface area (Å²) in [6.45, 7) is 0.533. The molecule has 3 rings (SSSR count). The van der Waals surface area contributed by atoms with Crippen LogP contribution >= 0.6 is 27.7 Å². The minimum atomic E-state index is -0.0806. The van der Waals surface area contributed by atoms with E-state index in [9.17, 15) is 4.79 Å². The zero-order chi connectivity index (χ0) is 19.9. The van der Waals surface area contributed by atoms with Crippen molar-refractivity contribution in [2.75, 3.05) is 20.6 Å². The minimum absolute atomic E-state index is 0.0806. The summed E-state index contributed by atoms with van der Waals surface area (Å²) >= 11 is 4.88. The topological polar surface area (TPSA) is 45.2 Å². The molecule has 1 N–H and O–H groups in total. The van der Waals surface area contributed by atoms with Gasteiger partial charge in [-0.15, -0.1) is 0 Å². The van der Waals surface area contributed by atoms with E-state index in [1.54, 1.807) is 6.20 Å². The first-order chi connectivity index (χ1) is 13.5. The van der Waals surface area contributed by atoms with E-state index < -0.39 is 0 Å². The predicted octanol–water partition coefficient (Wildman–Crippen LogP) is 5.03. The molecular formula is C22H22BrN3OS. The number of hydrogen-bond donors (Lipinski definition) is 1. The van der Waals surface area contributed by atoms with E-state index in [0.717, 1.165) is 14.4 Å². The molecule has 0 aliphatic carbocycles. The first-order valence-electron chi connectivity index (χ1n) is 8.92. The molecule has 0 saturated heterocycles. The van der Waals surface area contributed by atoms with Gasteiger partial charge in [-0.2, -0.15) is 0 Å². The second kappa shape index (κ2) is 9.87. The second-order valence-electron chi connectivity index (χ2n) is 6.51. The molecule has 0 aliphatic heterocycles. The molecule has 144 valence electrons. The molecule has 0 bridgehead atoms. The molecule has 0 fully saturated rings. The fourth-order valence-electron chi connectivity index (χ4n) is 2.84.